The molecule has 0 unspecified atom stereocenters. The number of nitrogens with zero attached hydrogens (tertiary/aromatic N) is 1. The smallest absolute Gasteiger partial charge is 0.0300 e. The molecule has 0 amide bonds. The van der Waals surface area contributed by atoms with Crippen LogP contribution in [0.5, 0.6) is 0 Å². The summed E-state index contributed by atoms with van der Waals surface area (Å²) in [6, 6.07) is 6.59. The molecule has 3 rings (SSSR count). The van der Waals surface area contributed by atoms with Crippen molar-refractivity contribution in [2.24, 2.45) is 0 Å². The average Bonchev–Trinajstić information content (AvgIpc) is 3.05. The molecule has 1 aliphatic heterocycles. The van der Waals surface area contributed by atoms with Gasteiger partial charge in [-0.05, 0) is 34.9 Å². The zero-order chi connectivity index (χ0) is 12.2. The van der Waals surface area contributed by atoms with Crippen molar-refractivity contribution in [1.82, 2.24) is 10.2 Å². The molecule has 2 aromatic rings. The Labute approximate surface area is 116 Å². The van der Waals surface area contributed by atoms with E-state index in [1.54, 1.807) is 10.4 Å². The minimum atomic E-state index is 1.01. The van der Waals surface area contributed by atoms with Crippen LogP contribution >= 0.6 is 22.7 Å². The summed E-state index contributed by atoms with van der Waals surface area (Å²) in [6.45, 7) is 5.60. The molecule has 0 saturated carbocycles. The lowest BCUT2D eigenvalue weighted by atomic mass is 10.1. The van der Waals surface area contributed by atoms with E-state index in [4.69, 9.17) is 0 Å². The first-order valence-electron chi connectivity index (χ1n) is 6.42. The molecule has 2 nitrogen and oxygen atoms in total. The van der Waals surface area contributed by atoms with Crippen LogP contribution in [0.15, 0.2) is 29.0 Å². The predicted octanol–water partition coefficient (Wildman–Crippen LogP) is 2.96. The van der Waals surface area contributed by atoms with Crippen LogP contribution in [0.1, 0.15) is 15.3 Å². The van der Waals surface area contributed by atoms with Gasteiger partial charge in [0.1, 0.15) is 0 Å². The molecule has 0 spiro atoms. The maximum atomic E-state index is 3.52. The maximum absolute atomic E-state index is 3.52. The monoisotopic (exact) mass is 278 g/mol. The SMILES string of the molecule is c1csc(CNCCN2CCc3sccc3C2)c1. The molecule has 0 bridgehead atoms. The Kier molecular flexibility index (Phi) is 4.10. The molecule has 0 saturated heterocycles. The van der Waals surface area contributed by atoms with E-state index < -0.39 is 0 Å². The third kappa shape index (κ3) is 3.01. The molecule has 1 N–H and O–H groups in total. The quantitative estimate of drug-likeness (QED) is 0.846. The fourth-order valence-corrected chi connectivity index (χ4v) is 3.92. The molecule has 2 aromatic heterocycles. The van der Waals surface area contributed by atoms with E-state index in [1.807, 2.05) is 22.7 Å². The summed E-state index contributed by atoms with van der Waals surface area (Å²) in [7, 11) is 0. The predicted molar refractivity (Wildman–Crippen MR) is 79.3 cm³/mol. The molecular weight excluding hydrogens is 260 g/mol. The molecule has 1 aliphatic rings. The first-order chi connectivity index (χ1) is 8.92. The zero-order valence-electron chi connectivity index (χ0n) is 10.4. The molecular formula is C14H18N2S2. The second-order valence-electron chi connectivity index (χ2n) is 4.65. The first-order valence-corrected chi connectivity index (χ1v) is 8.18. The Morgan fingerprint density at radius 1 is 1.22 bits per heavy atom. The molecule has 18 heavy (non-hydrogen) atoms. The van der Waals surface area contributed by atoms with E-state index in [0.29, 0.717) is 0 Å². The summed E-state index contributed by atoms with van der Waals surface area (Å²) in [5.74, 6) is 0. The lowest BCUT2D eigenvalue weighted by molar-refractivity contribution is 0.256. The topological polar surface area (TPSA) is 15.3 Å². The van der Waals surface area contributed by atoms with Gasteiger partial charge in [0.25, 0.3) is 0 Å². The third-order valence-corrected chi connectivity index (χ3v) is 5.27. The van der Waals surface area contributed by atoms with Gasteiger partial charge < -0.3 is 5.32 Å². The van der Waals surface area contributed by atoms with Crippen molar-refractivity contribution in [3.8, 4) is 0 Å². The van der Waals surface area contributed by atoms with Crippen LogP contribution in [0.4, 0.5) is 0 Å². The summed E-state index contributed by atoms with van der Waals surface area (Å²) in [4.78, 5) is 5.57. The third-order valence-electron chi connectivity index (χ3n) is 3.37. The highest BCUT2D eigenvalue weighted by molar-refractivity contribution is 7.10. The van der Waals surface area contributed by atoms with Crippen molar-refractivity contribution in [3.05, 3.63) is 44.3 Å². The standard InChI is InChI=1S/C14H18N2S2/c1-2-13(17-8-1)10-15-5-7-16-6-3-14-12(11-16)4-9-18-14/h1-2,4,8-9,15H,3,5-7,10-11H2. The van der Waals surface area contributed by atoms with Gasteiger partial charge in [-0.25, -0.2) is 0 Å². The van der Waals surface area contributed by atoms with Crippen LogP contribution in [0, 0.1) is 0 Å². The Morgan fingerprint density at radius 2 is 2.22 bits per heavy atom. The van der Waals surface area contributed by atoms with Crippen LogP contribution in [0.25, 0.3) is 0 Å². The minimum absolute atomic E-state index is 1.01. The number of thiophene rings is 2. The molecule has 0 radical (unpaired) electrons. The average molecular weight is 278 g/mol. The van der Waals surface area contributed by atoms with Gasteiger partial charge in [-0.3, -0.25) is 4.90 Å². The van der Waals surface area contributed by atoms with Gasteiger partial charge in [0.2, 0.25) is 0 Å². The molecule has 0 fully saturated rings. The highest BCUT2D eigenvalue weighted by Gasteiger charge is 2.16. The van der Waals surface area contributed by atoms with E-state index in [1.165, 1.54) is 17.8 Å². The van der Waals surface area contributed by atoms with E-state index in [9.17, 15) is 0 Å². The van der Waals surface area contributed by atoms with Crippen LogP contribution in [0.2, 0.25) is 0 Å². The summed E-state index contributed by atoms with van der Waals surface area (Å²) in [5.41, 5.74) is 1.55. The zero-order valence-corrected chi connectivity index (χ0v) is 12.0. The molecule has 3 heterocycles. The van der Waals surface area contributed by atoms with Crippen LogP contribution in [-0.4, -0.2) is 24.5 Å². The highest BCUT2D eigenvalue weighted by atomic mass is 32.1. The van der Waals surface area contributed by atoms with Gasteiger partial charge >= 0.3 is 0 Å². The Bertz CT molecular complexity index is 476. The second-order valence-corrected chi connectivity index (χ2v) is 6.68. The lowest BCUT2D eigenvalue weighted by Crippen LogP contribution is -2.35. The molecule has 4 heteroatoms. The lowest BCUT2D eigenvalue weighted by Gasteiger charge is -2.26. The van der Waals surface area contributed by atoms with Crippen molar-refractivity contribution >= 4 is 22.7 Å². The van der Waals surface area contributed by atoms with Crippen molar-refractivity contribution in [2.45, 2.75) is 19.5 Å². The molecule has 96 valence electrons. The Balaban J connectivity index is 1.40. The normalized spacial score (nSPS) is 15.8. The van der Waals surface area contributed by atoms with Gasteiger partial charge in [-0.2, -0.15) is 0 Å². The number of hydrogen-bond donors (Lipinski definition) is 1. The van der Waals surface area contributed by atoms with Crippen molar-refractivity contribution in [1.29, 1.82) is 0 Å². The van der Waals surface area contributed by atoms with Crippen molar-refractivity contribution < 1.29 is 0 Å². The maximum Gasteiger partial charge on any atom is 0.0300 e. The largest absolute Gasteiger partial charge is 0.311 e. The number of nitrogens with one attached hydrogen (secondary N) is 1. The first kappa shape index (κ1) is 12.4. The number of hydrogen-bond acceptors (Lipinski definition) is 4. The Hall–Kier alpha value is -0.680. The minimum Gasteiger partial charge on any atom is -0.311 e. The van der Waals surface area contributed by atoms with Gasteiger partial charge in [-0.1, -0.05) is 6.07 Å². The van der Waals surface area contributed by atoms with E-state index in [-0.39, 0.29) is 0 Å². The molecule has 0 aromatic carbocycles. The van der Waals surface area contributed by atoms with Crippen LogP contribution in [-0.2, 0) is 19.5 Å². The Morgan fingerprint density at radius 3 is 3.11 bits per heavy atom. The van der Waals surface area contributed by atoms with Crippen molar-refractivity contribution in [3.63, 3.8) is 0 Å². The molecule has 0 atom stereocenters. The van der Waals surface area contributed by atoms with Gasteiger partial charge in [-0.15, -0.1) is 22.7 Å². The van der Waals surface area contributed by atoms with Gasteiger partial charge in [0.05, 0.1) is 0 Å². The van der Waals surface area contributed by atoms with Gasteiger partial charge in [0, 0.05) is 42.5 Å². The van der Waals surface area contributed by atoms with E-state index >= 15 is 0 Å². The highest BCUT2D eigenvalue weighted by Crippen LogP contribution is 2.23. The summed E-state index contributed by atoms with van der Waals surface area (Å²) in [5, 5.41) is 7.89. The fraction of sp³-hybridized carbons (Fsp3) is 0.429. The fourth-order valence-electron chi connectivity index (χ4n) is 2.36. The van der Waals surface area contributed by atoms with Crippen LogP contribution in [0.3, 0.4) is 0 Å². The second kappa shape index (κ2) is 5.97. The van der Waals surface area contributed by atoms with E-state index in [0.717, 1.165) is 26.2 Å². The number of fused-ring (bicyclic) bond motifs is 1. The van der Waals surface area contributed by atoms with Gasteiger partial charge in [0.15, 0.2) is 0 Å². The van der Waals surface area contributed by atoms with E-state index in [2.05, 4.69) is 39.2 Å². The van der Waals surface area contributed by atoms with Crippen LogP contribution < -0.4 is 5.32 Å². The number of rotatable bonds is 5. The summed E-state index contributed by atoms with van der Waals surface area (Å²) < 4.78 is 0. The molecule has 0 aliphatic carbocycles. The summed E-state index contributed by atoms with van der Waals surface area (Å²) >= 11 is 3.74. The van der Waals surface area contributed by atoms with Crippen molar-refractivity contribution in [2.75, 3.05) is 19.6 Å². The summed E-state index contributed by atoms with van der Waals surface area (Å²) in [6.07, 6.45) is 1.23.